The molecular formula is C16H15N3O. The van der Waals surface area contributed by atoms with Crippen LogP contribution in [-0.2, 0) is 13.5 Å². The Hall–Kier alpha value is -2.49. The highest BCUT2D eigenvalue weighted by Crippen LogP contribution is 2.29. The van der Waals surface area contributed by atoms with Gasteiger partial charge in [0.05, 0.1) is 11.0 Å². The van der Waals surface area contributed by atoms with E-state index in [9.17, 15) is 4.79 Å². The Morgan fingerprint density at radius 3 is 2.80 bits per heavy atom. The fourth-order valence-electron chi connectivity index (χ4n) is 2.89. The fourth-order valence-corrected chi connectivity index (χ4v) is 2.89. The van der Waals surface area contributed by atoms with Crippen molar-refractivity contribution in [2.75, 3.05) is 11.9 Å². The molecule has 3 aromatic rings. The van der Waals surface area contributed by atoms with Crippen LogP contribution in [0.1, 0.15) is 5.56 Å². The Morgan fingerprint density at radius 1 is 1.10 bits per heavy atom. The predicted molar refractivity (Wildman–Crippen MR) is 81.2 cm³/mol. The maximum Gasteiger partial charge on any atom is 0.326 e. The van der Waals surface area contributed by atoms with Gasteiger partial charge in [-0.15, -0.1) is 0 Å². The number of anilines is 1. The van der Waals surface area contributed by atoms with E-state index in [-0.39, 0.29) is 5.69 Å². The van der Waals surface area contributed by atoms with Gasteiger partial charge in [-0.1, -0.05) is 12.1 Å². The van der Waals surface area contributed by atoms with Crippen molar-refractivity contribution in [3.05, 3.63) is 52.4 Å². The van der Waals surface area contributed by atoms with Gasteiger partial charge >= 0.3 is 5.69 Å². The summed E-state index contributed by atoms with van der Waals surface area (Å²) in [6.45, 7) is 1.02. The van der Waals surface area contributed by atoms with Gasteiger partial charge in [-0.2, -0.15) is 0 Å². The molecule has 4 rings (SSSR count). The fraction of sp³-hybridized carbons (Fsp3) is 0.188. The van der Waals surface area contributed by atoms with Crippen LogP contribution >= 0.6 is 0 Å². The summed E-state index contributed by atoms with van der Waals surface area (Å²) >= 11 is 0. The molecule has 2 N–H and O–H groups in total. The van der Waals surface area contributed by atoms with Crippen LogP contribution in [0.2, 0.25) is 0 Å². The summed E-state index contributed by atoms with van der Waals surface area (Å²) in [5.74, 6) is 0. The van der Waals surface area contributed by atoms with E-state index in [1.54, 1.807) is 11.6 Å². The Morgan fingerprint density at radius 2 is 1.90 bits per heavy atom. The average Bonchev–Trinajstić information content (AvgIpc) is 3.03. The number of hydrogen-bond donors (Lipinski definition) is 2. The third kappa shape index (κ3) is 1.58. The third-order valence-electron chi connectivity index (χ3n) is 4.05. The highest BCUT2D eigenvalue weighted by Gasteiger charge is 2.11. The van der Waals surface area contributed by atoms with E-state index in [1.807, 2.05) is 6.07 Å². The Labute approximate surface area is 116 Å². The summed E-state index contributed by atoms with van der Waals surface area (Å²) in [5.41, 5.74) is 6.68. The molecule has 1 aromatic heterocycles. The van der Waals surface area contributed by atoms with Crippen LogP contribution in [0.4, 0.5) is 5.69 Å². The number of nitrogens with one attached hydrogen (secondary N) is 2. The number of nitrogens with zero attached hydrogens (tertiary/aromatic N) is 1. The zero-order chi connectivity index (χ0) is 13.7. The molecule has 0 bridgehead atoms. The molecule has 0 fully saturated rings. The first-order chi connectivity index (χ1) is 9.72. The first-order valence-electron chi connectivity index (χ1n) is 6.78. The molecule has 100 valence electrons. The molecule has 4 heteroatoms. The largest absolute Gasteiger partial charge is 0.384 e. The van der Waals surface area contributed by atoms with Crippen molar-refractivity contribution in [2.24, 2.45) is 7.05 Å². The van der Waals surface area contributed by atoms with Crippen molar-refractivity contribution < 1.29 is 0 Å². The van der Waals surface area contributed by atoms with Crippen molar-refractivity contribution in [1.29, 1.82) is 0 Å². The quantitative estimate of drug-likeness (QED) is 0.710. The standard InChI is InChI=1S/C16H15N3O/c1-19-15-9-11(3-5-14(15)18-16(19)20)10-2-4-13-12(8-10)6-7-17-13/h2-5,8-9,17H,6-7H2,1H3,(H,18,20). The van der Waals surface area contributed by atoms with Crippen LogP contribution in [0.25, 0.3) is 22.2 Å². The number of fused-ring (bicyclic) bond motifs is 2. The van der Waals surface area contributed by atoms with E-state index >= 15 is 0 Å². The van der Waals surface area contributed by atoms with Gasteiger partial charge in [-0.3, -0.25) is 4.57 Å². The minimum atomic E-state index is -0.0738. The SMILES string of the molecule is Cn1c(=O)[nH]c2ccc(-c3ccc4c(c3)CCN4)cc21. The van der Waals surface area contributed by atoms with E-state index < -0.39 is 0 Å². The van der Waals surface area contributed by atoms with Gasteiger partial charge < -0.3 is 10.3 Å². The van der Waals surface area contributed by atoms with Gasteiger partial charge in [0.25, 0.3) is 0 Å². The zero-order valence-corrected chi connectivity index (χ0v) is 11.2. The highest BCUT2D eigenvalue weighted by atomic mass is 16.1. The Kier molecular flexibility index (Phi) is 2.27. The van der Waals surface area contributed by atoms with Crippen molar-refractivity contribution in [3.8, 4) is 11.1 Å². The lowest BCUT2D eigenvalue weighted by Crippen LogP contribution is -2.11. The Balaban J connectivity index is 1.89. The van der Waals surface area contributed by atoms with Crippen LogP contribution < -0.4 is 11.0 Å². The molecule has 0 amide bonds. The first-order valence-corrected chi connectivity index (χ1v) is 6.78. The molecule has 4 nitrogen and oxygen atoms in total. The Bertz CT molecular complexity index is 873. The van der Waals surface area contributed by atoms with Gasteiger partial charge in [0.1, 0.15) is 0 Å². The lowest BCUT2D eigenvalue weighted by atomic mass is 10.0. The molecule has 2 aromatic carbocycles. The summed E-state index contributed by atoms with van der Waals surface area (Å²) in [4.78, 5) is 14.5. The molecule has 0 spiro atoms. The van der Waals surface area contributed by atoms with Gasteiger partial charge in [-0.05, 0) is 47.4 Å². The summed E-state index contributed by atoms with van der Waals surface area (Å²) < 4.78 is 1.65. The minimum Gasteiger partial charge on any atom is -0.384 e. The van der Waals surface area contributed by atoms with E-state index in [1.165, 1.54) is 16.8 Å². The van der Waals surface area contributed by atoms with E-state index in [2.05, 4.69) is 40.6 Å². The topological polar surface area (TPSA) is 49.8 Å². The molecule has 20 heavy (non-hydrogen) atoms. The highest BCUT2D eigenvalue weighted by molar-refractivity contribution is 5.82. The lowest BCUT2D eigenvalue weighted by molar-refractivity contribution is 0.892. The number of aromatic amines is 1. The van der Waals surface area contributed by atoms with Crippen LogP contribution in [0.5, 0.6) is 0 Å². The maximum atomic E-state index is 11.6. The number of rotatable bonds is 1. The molecule has 2 heterocycles. The zero-order valence-electron chi connectivity index (χ0n) is 11.2. The van der Waals surface area contributed by atoms with Gasteiger partial charge in [0.2, 0.25) is 0 Å². The van der Waals surface area contributed by atoms with Gasteiger partial charge in [0.15, 0.2) is 0 Å². The van der Waals surface area contributed by atoms with Crippen LogP contribution in [0, 0.1) is 0 Å². The van der Waals surface area contributed by atoms with Crippen molar-refractivity contribution in [3.63, 3.8) is 0 Å². The maximum absolute atomic E-state index is 11.6. The molecule has 0 saturated carbocycles. The molecule has 0 radical (unpaired) electrons. The number of hydrogen-bond acceptors (Lipinski definition) is 2. The molecule has 1 aliphatic rings. The van der Waals surface area contributed by atoms with Crippen LogP contribution in [-0.4, -0.2) is 16.1 Å². The number of imidazole rings is 1. The number of aryl methyl sites for hydroxylation is 1. The third-order valence-corrected chi connectivity index (χ3v) is 4.05. The lowest BCUT2D eigenvalue weighted by Gasteiger charge is -2.06. The molecular weight excluding hydrogens is 250 g/mol. The second-order valence-corrected chi connectivity index (χ2v) is 5.27. The summed E-state index contributed by atoms with van der Waals surface area (Å²) in [6.07, 6.45) is 1.08. The van der Waals surface area contributed by atoms with Gasteiger partial charge in [0, 0.05) is 19.3 Å². The van der Waals surface area contributed by atoms with E-state index in [0.29, 0.717) is 0 Å². The average molecular weight is 265 g/mol. The molecule has 0 atom stereocenters. The number of H-pyrrole nitrogens is 1. The van der Waals surface area contributed by atoms with Crippen molar-refractivity contribution in [1.82, 2.24) is 9.55 Å². The minimum absolute atomic E-state index is 0.0738. The molecule has 0 saturated heterocycles. The van der Waals surface area contributed by atoms with Crippen LogP contribution in [0.15, 0.2) is 41.2 Å². The normalized spacial score (nSPS) is 13.4. The monoisotopic (exact) mass is 265 g/mol. The molecule has 0 unspecified atom stereocenters. The van der Waals surface area contributed by atoms with Crippen molar-refractivity contribution >= 4 is 16.7 Å². The van der Waals surface area contributed by atoms with E-state index in [0.717, 1.165) is 29.6 Å². The summed E-state index contributed by atoms with van der Waals surface area (Å²) in [6, 6.07) is 12.6. The summed E-state index contributed by atoms with van der Waals surface area (Å²) in [7, 11) is 1.79. The number of benzene rings is 2. The van der Waals surface area contributed by atoms with E-state index in [4.69, 9.17) is 0 Å². The number of aromatic nitrogens is 2. The predicted octanol–water partition coefficient (Wildman–Crippen LogP) is 2.50. The first kappa shape index (κ1) is 11.3. The summed E-state index contributed by atoms with van der Waals surface area (Å²) in [5, 5.41) is 3.37. The van der Waals surface area contributed by atoms with Crippen LogP contribution in [0.3, 0.4) is 0 Å². The molecule has 0 aliphatic carbocycles. The van der Waals surface area contributed by atoms with Gasteiger partial charge in [-0.25, -0.2) is 4.79 Å². The molecule has 1 aliphatic heterocycles. The van der Waals surface area contributed by atoms with Crippen molar-refractivity contribution in [2.45, 2.75) is 6.42 Å². The second kappa shape index (κ2) is 4.00. The second-order valence-electron chi connectivity index (χ2n) is 5.27. The smallest absolute Gasteiger partial charge is 0.326 e.